The summed E-state index contributed by atoms with van der Waals surface area (Å²) in [4.78, 5) is 38.5. The van der Waals surface area contributed by atoms with Crippen LogP contribution in [0.15, 0.2) is 60.7 Å². The number of ether oxygens (including phenoxy) is 1. The first-order chi connectivity index (χ1) is 15.5. The fourth-order valence-corrected chi connectivity index (χ4v) is 3.75. The van der Waals surface area contributed by atoms with Crippen molar-refractivity contribution in [1.29, 1.82) is 0 Å². The number of hydrazine groups is 1. The summed E-state index contributed by atoms with van der Waals surface area (Å²) in [5.41, 5.74) is 4.87. The highest BCUT2D eigenvalue weighted by Gasteiger charge is 2.36. The van der Waals surface area contributed by atoms with Gasteiger partial charge >= 0.3 is 18.0 Å². The summed E-state index contributed by atoms with van der Waals surface area (Å²) in [5, 5.41) is 10.6. The number of benzene rings is 2. The van der Waals surface area contributed by atoms with E-state index in [4.69, 9.17) is 4.74 Å². The monoisotopic (exact) mass is 439 g/mol. The van der Waals surface area contributed by atoms with Gasteiger partial charge in [-0.3, -0.25) is 9.80 Å². The highest BCUT2D eigenvalue weighted by molar-refractivity contribution is 5.83. The van der Waals surface area contributed by atoms with Gasteiger partial charge in [-0.15, -0.1) is 0 Å². The molecule has 0 radical (unpaired) electrons. The summed E-state index contributed by atoms with van der Waals surface area (Å²) in [6.45, 7) is 0.503. The number of rotatable bonds is 9. The Labute approximate surface area is 187 Å². The Hall–Kier alpha value is -3.39. The Morgan fingerprint density at radius 1 is 1.09 bits per heavy atom. The summed E-state index contributed by atoms with van der Waals surface area (Å²) in [7, 11) is 1.50. The molecule has 8 heteroatoms. The fourth-order valence-electron chi connectivity index (χ4n) is 3.75. The Bertz CT molecular complexity index is 906. The Morgan fingerprint density at radius 3 is 2.34 bits per heavy atom. The molecule has 2 aromatic rings. The normalized spacial score (nSPS) is 16.4. The van der Waals surface area contributed by atoms with Crippen LogP contribution in [0.1, 0.15) is 30.4 Å². The summed E-state index contributed by atoms with van der Waals surface area (Å²) in [6, 6.07) is 17.0. The van der Waals surface area contributed by atoms with Crippen molar-refractivity contribution >= 4 is 18.0 Å². The van der Waals surface area contributed by atoms with E-state index in [0.29, 0.717) is 32.2 Å². The predicted octanol–water partition coefficient (Wildman–Crippen LogP) is 2.84. The van der Waals surface area contributed by atoms with Gasteiger partial charge in [0.25, 0.3) is 0 Å². The third-order valence-corrected chi connectivity index (χ3v) is 5.49. The molecule has 1 aliphatic heterocycles. The topological polar surface area (TPSA) is 99.2 Å². The molecule has 8 nitrogen and oxygen atoms in total. The van der Waals surface area contributed by atoms with Gasteiger partial charge < -0.3 is 14.7 Å². The molecule has 170 valence electrons. The fraction of sp³-hybridized carbons (Fsp3) is 0.375. The quantitative estimate of drug-likeness (QED) is 0.461. The van der Waals surface area contributed by atoms with Crippen LogP contribution in [0.25, 0.3) is 0 Å². The third kappa shape index (κ3) is 6.31. The first kappa shape index (κ1) is 23.3. The van der Waals surface area contributed by atoms with Crippen molar-refractivity contribution in [1.82, 2.24) is 15.3 Å². The lowest BCUT2D eigenvalue weighted by Crippen LogP contribution is -2.55. The number of carbonyl (C=O) groups excluding carboxylic acids is 2. The second-order valence-corrected chi connectivity index (χ2v) is 7.83. The number of urea groups is 1. The van der Waals surface area contributed by atoms with Crippen LogP contribution in [0.5, 0.6) is 0 Å². The van der Waals surface area contributed by atoms with E-state index in [1.54, 1.807) is 0 Å². The van der Waals surface area contributed by atoms with Crippen LogP contribution in [0, 0.1) is 0 Å². The molecule has 0 aromatic heterocycles. The van der Waals surface area contributed by atoms with Crippen LogP contribution in [-0.4, -0.2) is 58.7 Å². The molecule has 1 unspecified atom stereocenters. The molecule has 0 aliphatic carbocycles. The lowest BCUT2D eigenvalue weighted by molar-refractivity contribution is -0.149. The first-order valence-corrected chi connectivity index (χ1v) is 10.7. The average molecular weight is 440 g/mol. The first-order valence-electron chi connectivity index (χ1n) is 10.7. The highest BCUT2D eigenvalue weighted by atomic mass is 16.5. The van der Waals surface area contributed by atoms with Crippen molar-refractivity contribution in [2.75, 3.05) is 13.6 Å². The lowest BCUT2D eigenvalue weighted by Gasteiger charge is -2.30. The maximum atomic E-state index is 12.9. The van der Waals surface area contributed by atoms with Gasteiger partial charge in [-0.25, -0.2) is 15.0 Å². The molecule has 2 atom stereocenters. The van der Waals surface area contributed by atoms with Gasteiger partial charge in [0.1, 0.15) is 18.7 Å². The van der Waals surface area contributed by atoms with Crippen molar-refractivity contribution in [2.45, 2.75) is 44.4 Å². The maximum absolute atomic E-state index is 12.9. The van der Waals surface area contributed by atoms with E-state index in [9.17, 15) is 19.5 Å². The van der Waals surface area contributed by atoms with Gasteiger partial charge in [-0.05, 0) is 36.8 Å². The molecule has 2 amide bonds. The van der Waals surface area contributed by atoms with Crippen LogP contribution in [0.4, 0.5) is 4.79 Å². The zero-order valence-electron chi connectivity index (χ0n) is 18.1. The Balaban J connectivity index is 1.65. The van der Waals surface area contributed by atoms with Gasteiger partial charge in [0.15, 0.2) is 0 Å². The standard InChI is InChI=1S/C24H29N3O5/c1-26(24(31)27-16-8-13-21(27)22(28)29)25-20(15-14-18-9-4-2-5-10-18)23(30)32-17-19-11-6-3-7-12-19/h2-7,9-12,20-21,25H,8,13-17H2,1H3,(H,28,29)/t20?,21-/m0/s1. The molecule has 0 saturated carbocycles. The van der Waals surface area contributed by atoms with Crippen molar-refractivity contribution in [2.24, 2.45) is 0 Å². The molecule has 32 heavy (non-hydrogen) atoms. The lowest BCUT2D eigenvalue weighted by atomic mass is 10.1. The number of nitrogens with zero attached hydrogens (tertiary/aromatic N) is 2. The van der Waals surface area contributed by atoms with E-state index in [1.165, 1.54) is 17.0 Å². The number of hydrogen-bond acceptors (Lipinski definition) is 5. The van der Waals surface area contributed by atoms with Gasteiger partial charge in [-0.1, -0.05) is 60.7 Å². The number of amides is 2. The summed E-state index contributed by atoms with van der Waals surface area (Å²) >= 11 is 0. The van der Waals surface area contributed by atoms with E-state index in [0.717, 1.165) is 11.1 Å². The second kappa shape index (κ2) is 11.3. The summed E-state index contributed by atoms with van der Waals surface area (Å²) in [6.07, 6.45) is 2.08. The highest BCUT2D eigenvalue weighted by Crippen LogP contribution is 2.19. The van der Waals surface area contributed by atoms with Gasteiger partial charge in [0.2, 0.25) is 0 Å². The molecule has 2 aromatic carbocycles. The van der Waals surface area contributed by atoms with E-state index in [2.05, 4.69) is 5.43 Å². The summed E-state index contributed by atoms with van der Waals surface area (Å²) < 4.78 is 5.50. The van der Waals surface area contributed by atoms with Gasteiger partial charge in [0, 0.05) is 13.6 Å². The SMILES string of the molecule is CN(NC(CCc1ccccc1)C(=O)OCc1ccccc1)C(=O)N1CCC[C@H]1C(=O)O. The largest absolute Gasteiger partial charge is 0.480 e. The van der Waals surface area contributed by atoms with Crippen LogP contribution >= 0.6 is 0 Å². The maximum Gasteiger partial charge on any atom is 0.334 e. The van der Waals surface area contributed by atoms with Crippen molar-refractivity contribution in [3.63, 3.8) is 0 Å². The third-order valence-electron chi connectivity index (χ3n) is 5.49. The molecular weight excluding hydrogens is 410 g/mol. The summed E-state index contributed by atoms with van der Waals surface area (Å²) in [5.74, 6) is -1.49. The molecule has 1 aliphatic rings. The van der Waals surface area contributed by atoms with E-state index in [-0.39, 0.29) is 6.61 Å². The number of esters is 1. The van der Waals surface area contributed by atoms with Crippen LogP contribution < -0.4 is 5.43 Å². The van der Waals surface area contributed by atoms with Gasteiger partial charge in [-0.2, -0.15) is 0 Å². The van der Waals surface area contributed by atoms with Crippen LogP contribution in [0.3, 0.4) is 0 Å². The smallest absolute Gasteiger partial charge is 0.334 e. The zero-order chi connectivity index (χ0) is 22.9. The Morgan fingerprint density at radius 2 is 1.72 bits per heavy atom. The number of aliphatic carboxylic acids is 1. The molecule has 0 spiro atoms. The average Bonchev–Trinajstić information content (AvgIpc) is 3.31. The zero-order valence-corrected chi connectivity index (χ0v) is 18.1. The number of nitrogens with one attached hydrogen (secondary N) is 1. The molecule has 2 N–H and O–H groups in total. The molecular formula is C24H29N3O5. The van der Waals surface area contributed by atoms with E-state index >= 15 is 0 Å². The minimum absolute atomic E-state index is 0.133. The van der Waals surface area contributed by atoms with Gasteiger partial charge in [0.05, 0.1) is 0 Å². The number of hydrogen-bond donors (Lipinski definition) is 2. The van der Waals surface area contributed by atoms with Crippen LogP contribution in [0.2, 0.25) is 0 Å². The van der Waals surface area contributed by atoms with Crippen molar-refractivity contribution in [3.05, 3.63) is 71.8 Å². The van der Waals surface area contributed by atoms with Crippen molar-refractivity contribution in [3.8, 4) is 0 Å². The van der Waals surface area contributed by atoms with E-state index < -0.39 is 30.1 Å². The molecule has 1 heterocycles. The molecule has 3 rings (SSSR count). The van der Waals surface area contributed by atoms with E-state index in [1.807, 2.05) is 60.7 Å². The Kier molecular flexibility index (Phi) is 8.21. The number of aryl methyl sites for hydroxylation is 1. The van der Waals surface area contributed by atoms with Crippen molar-refractivity contribution < 1.29 is 24.2 Å². The predicted molar refractivity (Wildman–Crippen MR) is 118 cm³/mol. The minimum Gasteiger partial charge on any atom is -0.480 e. The second-order valence-electron chi connectivity index (χ2n) is 7.83. The molecule has 1 fully saturated rings. The molecule has 1 saturated heterocycles. The number of carboxylic acids is 1. The molecule has 0 bridgehead atoms. The van der Waals surface area contributed by atoms with Crippen LogP contribution in [-0.2, 0) is 27.4 Å². The minimum atomic E-state index is -1.02. The number of carbonyl (C=O) groups is 3. The number of carboxylic acid groups (broad SMARTS) is 1. The number of likely N-dealkylation sites (tertiary alicyclic amines) is 1.